The van der Waals surface area contributed by atoms with Crippen LogP contribution >= 0.6 is 0 Å². The van der Waals surface area contributed by atoms with E-state index in [1.165, 1.54) is 0 Å². The highest BCUT2D eigenvalue weighted by Gasteiger charge is 2.34. The molecule has 1 aliphatic carbocycles. The molecule has 0 atom stereocenters. The van der Waals surface area contributed by atoms with Gasteiger partial charge in [-0.2, -0.15) is 0 Å². The number of carbonyl (C=O) groups excluding carboxylic acids is 1. The van der Waals surface area contributed by atoms with Crippen LogP contribution in [0.5, 0.6) is 0 Å². The maximum absolute atomic E-state index is 12.4. The van der Waals surface area contributed by atoms with Gasteiger partial charge in [0.25, 0.3) is 5.91 Å². The largest absolute Gasteiger partial charge is 0.380 e. The molecule has 3 heterocycles. The summed E-state index contributed by atoms with van der Waals surface area (Å²) in [6, 6.07) is 11.7. The van der Waals surface area contributed by atoms with E-state index in [0.29, 0.717) is 11.6 Å². The highest BCUT2D eigenvalue weighted by molar-refractivity contribution is 5.92. The van der Waals surface area contributed by atoms with Crippen LogP contribution in [0.3, 0.4) is 0 Å². The second-order valence-corrected chi connectivity index (χ2v) is 7.10. The van der Waals surface area contributed by atoms with Crippen molar-refractivity contribution in [2.24, 2.45) is 0 Å². The summed E-state index contributed by atoms with van der Waals surface area (Å²) in [6.07, 6.45) is 3.66. The Morgan fingerprint density at radius 2 is 2.00 bits per heavy atom. The summed E-state index contributed by atoms with van der Waals surface area (Å²) < 4.78 is 12.3. The van der Waals surface area contributed by atoms with Gasteiger partial charge in [-0.1, -0.05) is 40.7 Å². The fourth-order valence-corrected chi connectivity index (χ4v) is 3.37. The predicted molar refractivity (Wildman–Crippen MR) is 95.0 cm³/mol. The number of aromatic nitrogens is 4. The number of carbonyl (C=O) groups is 1. The van der Waals surface area contributed by atoms with Gasteiger partial charge in [0, 0.05) is 23.9 Å². The Kier molecular flexibility index (Phi) is 3.97. The Hall–Kier alpha value is -3.00. The molecular weight excluding hydrogens is 346 g/mol. The summed E-state index contributed by atoms with van der Waals surface area (Å²) in [6.45, 7) is 1.45. The number of nitrogens with one attached hydrogen (secondary N) is 1. The molecule has 1 aromatic carbocycles. The Balaban J connectivity index is 1.16. The minimum absolute atomic E-state index is 0.104. The quantitative estimate of drug-likeness (QED) is 0.745. The van der Waals surface area contributed by atoms with Gasteiger partial charge in [-0.05, 0) is 12.8 Å². The van der Waals surface area contributed by atoms with E-state index in [0.717, 1.165) is 37.3 Å². The molecule has 3 aromatic rings. The number of amides is 1. The van der Waals surface area contributed by atoms with Gasteiger partial charge in [0.1, 0.15) is 5.69 Å². The van der Waals surface area contributed by atoms with Crippen LogP contribution < -0.4 is 5.32 Å². The van der Waals surface area contributed by atoms with Crippen molar-refractivity contribution < 1.29 is 14.1 Å². The molecule has 0 unspecified atom stereocenters. The van der Waals surface area contributed by atoms with E-state index in [-0.39, 0.29) is 23.8 Å². The molecular formula is C19H19N5O3. The van der Waals surface area contributed by atoms with Crippen molar-refractivity contribution in [3.63, 3.8) is 0 Å². The molecule has 2 fully saturated rings. The zero-order valence-electron chi connectivity index (χ0n) is 14.6. The SMILES string of the molecule is O=C(N[C@H]1C[C@H](n2cc(C3COC3)nn2)C1)c1cc(-c2ccccc2)no1. The van der Waals surface area contributed by atoms with E-state index in [4.69, 9.17) is 9.26 Å². The Labute approximate surface area is 155 Å². The monoisotopic (exact) mass is 365 g/mol. The van der Waals surface area contributed by atoms with Crippen molar-refractivity contribution in [2.75, 3.05) is 13.2 Å². The number of nitrogens with zero attached hydrogens (tertiary/aromatic N) is 4. The first-order chi connectivity index (χ1) is 13.3. The van der Waals surface area contributed by atoms with Gasteiger partial charge < -0.3 is 14.6 Å². The second-order valence-electron chi connectivity index (χ2n) is 7.10. The lowest BCUT2D eigenvalue weighted by molar-refractivity contribution is 0.00664. The third-order valence-electron chi connectivity index (χ3n) is 5.21. The Bertz CT molecular complexity index is 941. The van der Waals surface area contributed by atoms with Crippen LogP contribution in [0.1, 0.15) is 41.1 Å². The average Bonchev–Trinajstić information content (AvgIpc) is 3.27. The molecule has 0 bridgehead atoms. The molecule has 0 spiro atoms. The topological polar surface area (TPSA) is 95.1 Å². The molecule has 1 aliphatic heterocycles. The van der Waals surface area contributed by atoms with Gasteiger partial charge in [0.05, 0.1) is 30.9 Å². The third kappa shape index (κ3) is 3.12. The van der Waals surface area contributed by atoms with Crippen molar-refractivity contribution in [1.82, 2.24) is 25.5 Å². The molecule has 2 aromatic heterocycles. The summed E-state index contributed by atoms with van der Waals surface area (Å²) in [5, 5.41) is 15.4. The van der Waals surface area contributed by atoms with E-state index >= 15 is 0 Å². The molecule has 27 heavy (non-hydrogen) atoms. The fourth-order valence-electron chi connectivity index (χ4n) is 3.37. The van der Waals surface area contributed by atoms with Crippen LogP contribution in [0.25, 0.3) is 11.3 Å². The lowest BCUT2D eigenvalue weighted by atomic mass is 9.86. The smallest absolute Gasteiger partial charge is 0.290 e. The van der Waals surface area contributed by atoms with Crippen LogP contribution in [0.4, 0.5) is 0 Å². The minimum Gasteiger partial charge on any atom is -0.380 e. The molecule has 8 nitrogen and oxygen atoms in total. The Morgan fingerprint density at radius 3 is 2.74 bits per heavy atom. The number of benzene rings is 1. The van der Waals surface area contributed by atoms with Crippen molar-refractivity contribution in [3.8, 4) is 11.3 Å². The van der Waals surface area contributed by atoms with Gasteiger partial charge in [-0.15, -0.1) is 5.10 Å². The third-order valence-corrected chi connectivity index (χ3v) is 5.21. The molecule has 1 N–H and O–H groups in total. The summed E-state index contributed by atoms with van der Waals surface area (Å²) in [5.74, 6) is 0.365. The van der Waals surface area contributed by atoms with E-state index in [1.807, 2.05) is 41.2 Å². The van der Waals surface area contributed by atoms with E-state index in [1.54, 1.807) is 6.07 Å². The minimum atomic E-state index is -0.237. The van der Waals surface area contributed by atoms with Gasteiger partial charge in [0.15, 0.2) is 0 Å². The van der Waals surface area contributed by atoms with Gasteiger partial charge >= 0.3 is 0 Å². The number of ether oxygens (including phenoxy) is 1. The van der Waals surface area contributed by atoms with Crippen LogP contribution in [-0.4, -0.2) is 45.3 Å². The standard InChI is InChI=1S/C19H19N5O3/c25-19(18-8-16(22-27-18)12-4-2-1-3-5-12)20-14-6-15(7-14)24-9-17(21-23-24)13-10-26-11-13/h1-5,8-9,13-15H,6-7,10-11H2,(H,20,25)/t14-,15-. The molecule has 1 amide bonds. The van der Waals surface area contributed by atoms with Gasteiger partial charge in [-0.3, -0.25) is 4.79 Å². The normalized spacial score (nSPS) is 22.1. The van der Waals surface area contributed by atoms with Crippen molar-refractivity contribution in [3.05, 3.63) is 54.0 Å². The molecule has 5 rings (SSSR count). The van der Waals surface area contributed by atoms with Crippen LogP contribution in [0, 0.1) is 0 Å². The molecule has 1 saturated carbocycles. The molecule has 2 aliphatic rings. The van der Waals surface area contributed by atoms with Crippen LogP contribution in [0.2, 0.25) is 0 Å². The maximum Gasteiger partial charge on any atom is 0.290 e. The fraction of sp³-hybridized carbons (Fsp3) is 0.368. The summed E-state index contributed by atoms with van der Waals surface area (Å²) >= 11 is 0. The molecule has 8 heteroatoms. The summed E-state index contributed by atoms with van der Waals surface area (Å²) in [4.78, 5) is 12.4. The first kappa shape index (κ1) is 16.2. The molecule has 1 saturated heterocycles. The van der Waals surface area contributed by atoms with E-state index in [2.05, 4.69) is 20.8 Å². The maximum atomic E-state index is 12.4. The first-order valence-electron chi connectivity index (χ1n) is 9.09. The highest BCUT2D eigenvalue weighted by Crippen LogP contribution is 2.33. The lowest BCUT2D eigenvalue weighted by Crippen LogP contribution is -2.45. The van der Waals surface area contributed by atoms with Gasteiger partial charge in [0.2, 0.25) is 5.76 Å². The van der Waals surface area contributed by atoms with Crippen LogP contribution in [0.15, 0.2) is 47.1 Å². The zero-order valence-corrected chi connectivity index (χ0v) is 14.6. The lowest BCUT2D eigenvalue weighted by Gasteiger charge is -2.35. The predicted octanol–water partition coefficient (Wildman–Crippen LogP) is 2.18. The second kappa shape index (κ2) is 6.62. The van der Waals surface area contributed by atoms with E-state index in [9.17, 15) is 4.79 Å². The molecule has 0 radical (unpaired) electrons. The van der Waals surface area contributed by atoms with Crippen LogP contribution in [-0.2, 0) is 4.74 Å². The van der Waals surface area contributed by atoms with Crippen molar-refractivity contribution >= 4 is 5.91 Å². The van der Waals surface area contributed by atoms with Crippen molar-refractivity contribution in [2.45, 2.75) is 30.8 Å². The van der Waals surface area contributed by atoms with E-state index < -0.39 is 0 Å². The average molecular weight is 365 g/mol. The molecule has 138 valence electrons. The van der Waals surface area contributed by atoms with Crippen molar-refractivity contribution in [1.29, 1.82) is 0 Å². The van der Waals surface area contributed by atoms with Gasteiger partial charge in [-0.25, -0.2) is 4.68 Å². The Morgan fingerprint density at radius 1 is 1.19 bits per heavy atom. The summed E-state index contributed by atoms with van der Waals surface area (Å²) in [7, 11) is 0. The number of hydrogen-bond donors (Lipinski definition) is 1. The zero-order chi connectivity index (χ0) is 18.2. The highest BCUT2D eigenvalue weighted by atomic mass is 16.5. The number of hydrogen-bond acceptors (Lipinski definition) is 6. The first-order valence-corrected chi connectivity index (χ1v) is 9.09. The number of rotatable bonds is 5. The summed E-state index contributed by atoms with van der Waals surface area (Å²) in [5.41, 5.74) is 2.56.